The standard InChI is InChI=1S/C15H18F2N2O2/c1-9-6-13(9)18-15(20)19-4-5-21-14(8-19)10-2-3-11(16)12(17)7-10/h2-3,7,9,13-14H,4-6,8H2,1H3,(H,18,20)/t9-,13-,14+/m1/s1. The summed E-state index contributed by atoms with van der Waals surface area (Å²) >= 11 is 0. The summed E-state index contributed by atoms with van der Waals surface area (Å²) in [4.78, 5) is 13.8. The Balaban J connectivity index is 1.64. The van der Waals surface area contributed by atoms with Crippen LogP contribution in [0.2, 0.25) is 0 Å². The number of carbonyl (C=O) groups excluding carboxylic acids is 1. The fraction of sp³-hybridized carbons (Fsp3) is 0.533. The van der Waals surface area contributed by atoms with Crippen LogP contribution >= 0.6 is 0 Å². The van der Waals surface area contributed by atoms with Crippen LogP contribution in [0.15, 0.2) is 18.2 Å². The molecule has 4 nitrogen and oxygen atoms in total. The summed E-state index contributed by atoms with van der Waals surface area (Å²) in [6.07, 6.45) is 0.596. The van der Waals surface area contributed by atoms with Gasteiger partial charge in [0, 0.05) is 12.6 Å². The van der Waals surface area contributed by atoms with Gasteiger partial charge in [0.15, 0.2) is 11.6 Å². The summed E-state index contributed by atoms with van der Waals surface area (Å²) in [7, 11) is 0. The molecule has 6 heteroatoms. The maximum Gasteiger partial charge on any atom is 0.317 e. The number of rotatable bonds is 2. The minimum Gasteiger partial charge on any atom is -0.370 e. The number of nitrogens with zero attached hydrogens (tertiary/aromatic N) is 1. The minimum absolute atomic E-state index is 0.111. The van der Waals surface area contributed by atoms with Gasteiger partial charge in [-0.15, -0.1) is 0 Å². The Labute approximate surface area is 122 Å². The van der Waals surface area contributed by atoms with Crippen molar-refractivity contribution in [1.82, 2.24) is 10.2 Å². The highest BCUT2D eigenvalue weighted by atomic mass is 19.2. The topological polar surface area (TPSA) is 41.6 Å². The number of hydrogen-bond donors (Lipinski definition) is 1. The molecule has 114 valence electrons. The number of hydrogen-bond acceptors (Lipinski definition) is 2. The molecule has 0 bridgehead atoms. The molecule has 0 unspecified atom stereocenters. The molecule has 1 aliphatic heterocycles. The maximum absolute atomic E-state index is 13.3. The molecule has 1 aromatic rings. The number of halogens is 2. The van der Waals surface area contributed by atoms with Crippen molar-refractivity contribution in [3.05, 3.63) is 35.4 Å². The van der Waals surface area contributed by atoms with Crippen LogP contribution in [0.25, 0.3) is 0 Å². The molecule has 1 saturated heterocycles. The molecule has 1 aliphatic carbocycles. The Morgan fingerprint density at radius 1 is 1.38 bits per heavy atom. The van der Waals surface area contributed by atoms with E-state index in [2.05, 4.69) is 12.2 Å². The molecule has 1 aromatic carbocycles. The molecule has 2 aliphatic rings. The van der Waals surface area contributed by atoms with Crippen molar-refractivity contribution in [2.24, 2.45) is 5.92 Å². The predicted molar refractivity (Wildman–Crippen MR) is 72.7 cm³/mol. The van der Waals surface area contributed by atoms with E-state index < -0.39 is 17.7 Å². The Morgan fingerprint density at radius 2 is 2.14 bits per heavy atom. The first kappa shape index (κ1) is 14.3. The van der Waals surface area contributed by atoms with Crippen molar-refractivity contribution < 1.29 is 18.3 Å². The van der Waals surface area contributed by atoms with Crippen LogP contribution in [0.1, 0.15) is 25.0 Å². The third-order valence-corrected chi connectivity index (χ3v) is 4.09. The number of carbonyl (C=O) groups is 1. The number of urea groups is 1. The van der Waals surface area contributed by atoms with E-state index >= 15 is 0 Å². The van der Waals surface area contributed by atoms with Gasteiger partial charge in [-0.2, -0.15) is 0 Å². The lowest BCUT2D eigenvalue weighted by Gasteiger charge is -2.33. The molecule has 2 amide bonds. The van der Waals surface area contributed by atoms with E-state index in [1.807, 2.05) is 0 Å². The van der Waals surface area contributed by atoms with E-state index in [1.54, 1.807) is 4.90 Å². The van der Waals surface area contributed by atoms with Crippen LogP contribution in [0.5, 0.6) is 0 Å². The van der Waals surface area contributed by atoms with Crippen molar-refractivity contribution in [2.75, 3.05) is 19.7 Å². The van der Waals surface area contributed by atoms with E-state index in [4.69, 9.17) is 4.74 Å². The molecular formula is C15H18F2N2O2. The van der Waals surface area contributed by atoms with Crippen LogP contribution in [0, 0.1) is 17.6 Å². The second-order valence-electron chi connectivity index (χ2n) is 5.75. The van der Waals surface area contributed by atoms with E-state index in [0.29, 0.717) is 31.2 Å². The normalized spacial score (nSPS) is 28.3. The Morgan fingerprint density at radius 3 is 2.81 bits per heavy atom. The number of morpholine rings is 1. The molecule has 0 spiro atoms. The van der Waals surface area contributed by atoms with Crippen LogP contribution in [0.4, 0.5) is 13.6 Å². The van der Waals surface area contributed by atoms with Gasteiger partial charge in [-0.1, -0.05) is 13.0 Å². The fourth-order valence-corrected chi connectivity index (χ4v) is 2.52. The van der Waals surface area contributed by atoms with E-state index in [-0.39, 0.29) is 12.1 Å². The van der Waals surface area contributed by atoms with Gasteiger partial charge in [0.25, 0.3) is 0 Å². The third kappa shape index (κ3) is 3.15. The predicted octanol–water partition coefficient (Wildman–Crippen LogP) is 2.46. The van der Waals surface area contributed by atoms with Crippen molar-refractivity contribution >= 4 is 6.03 Å². The molecule has 0 radical (unpaired) electrons. The molecule has 2 fully saturated rings. The lowest BCUT2D eigenvalue weighted by Crippen LogP contribution is -2.48. The molecule has 1 saturated carbocycles. The summed E-state index contributed by atoms with van der Waals surface area (Å²) < 4.78 is 31.8. The van der Waals surface area contributed by atoms with Gasteiger partial charge in [-0.05, 0) is 30.0 Å². The van der Waals surface area contributed by atoms with Crippen LogP contribution in [-0.4, -0.2) is 36.7 Å². The van der Waals surface area contributed by atoms with E-state index in [0.717, 1.165) is 18.6 Å². The molecule has 1 heterocycles. The monoisotopic (exact) mass is 296 g/mol. The van der Waals surface area contributed by atoms with Crippen LogP contribution in [0.3, 0.4) is 0 Å². The second-order valence-corrected chi connectivity index (χ2v) is 5.75. The number of benzene rings is 1. The molecule has 1 N–H and O–H groups in total. The minimum atomic E-state index is -0.899. The van der Waals surface area contributed by atoms with E-state index in [9.17, 15) is 13.6 Å². The average Bonchev–Trinajstić information content (AvgIpc) is 3.17. The lowest BCUT2D eigenvalue weighted by molar-refractivity contribution is -0.0156. The van der Waals surface area contributed by atoms with Crippen LogP contribution in [-0.2, 0) is 4.74 Å². The zero-order chi connectivity index (χ0) is 15.0. The highest BCUT2D eigenvalue weighted by Gasteiger charge is 2.36. The van der Waals surface area contributed by atoms with Gasteiger partial charge < -0.3 is 15.0 Å². The summed E-state index contributed by atoms with van der Waals surface area (Å²) in [6.45, 7) is 3.33. The number of amides is 2. The second kappa shape index (κ2) is 5.60. The molecule has 3 atom stereocenters. The summed E-state index contributed by atoms with van der Waals surface area (Å²) in [6, 6.07) is 3.86. The van der Waals surface area contributed by atoms with Crippen molar-refractivity contribution in [2.45, 2.75) is 25.5 Å². The lowest BCUT2D eigenvalue weighted by atomic mass is 10.1. The fourth-order valence-electron chi connectivity index (χ4n) is 2.52. The smallest absolute Gasteiger partial charge is 0.317 e. The largest absolute Gasteiger partial charge is 0.370 e. The summed E-state index contributed by atoms with van der Waals surface area (Å²) in [5.41, 5.74) is 0.547. The van der Waals surface area contributed by atoms with Crippen molar-refractivity contribution in [3.63, 3.8) is 0 Å². The first-order valence-corrected chi connectivity index (χ1v) is 7.16. The van der Waals surface area contributed by atoms with Gasteiger partial charge >= 0.3 is 6.03 Å². The molecule has 3 rings (SSSR count). The zero-order valence-corrected chi connectivity index (χ0v) is 11.8. The first-order valence-electron chi connectivity index (χ1n) is 7.16. The maximum atomic E-state index is 13.3. The van der Waals surface area contributed by atoms with Gasteiger partial charge in [-0.3, -0.25) is 0 Å². The zero-order valence-electron chi connectivity index (χ0n) is 11.8. The van der Waals surface area contributed by atoms with Gasteiger partial charge in [-0.25, -0.2) is 13.6 Å². The first-order chi connectivity index (χ1) is 10.0. The number of nitrogens with one attached hydrogen (secondary N) is 1. The Hall–Kier alpha value is -1.69. The molecular weight excluding hydrogens is 278 g/mol. The third-order valence-electron chi connectivity index (χ3n) is 4.09. The highest BCUT2D eigenvalue weighted by Crippen LogP contribution is 2.30. The van der Waals surface area contributed by atoms with Crippen molar-refractivity contribution in [1.29, 1.82) is 0 Å². The quantitative estimate of drug-likeness (QED) is 0.911. The molecule has 0 aromatic heterocycles. The molecule has 21 heavy (non-hydrogen) atoms. The summed E-state index contributed by atoms with van der Waals surface area (Å²) in [5, 5.41) is 2.96. The number of ether oxygens (including phenoxy) is 1. The van der Waals surface area contributed by atoms with Crippen LogP contribution < -0.4 is 5.32 Å². The highest BCUT2D eigenvalue weighted by molar-refractivity contribution is 5.75. The average molecular weight is 296 g/mol. The SMILES string of the molecule is C[C@@H]1C[C@H]1NC(=O)N1CCO[C@H](c2ccc(F)c(F)c2)C1. The van der Waals surface area contributed by atoms with Gasteiger partial charge in [0.2, 0.25) is 0 Å². The summed E-state index contributed by atoms with van der Waals surface area (Å²) in [5.74, 6) is -1.24. The van der Waals surface area contributed by atoms with Gasteiger partial charge in [0.05, 0.1) is 13.2 Å². The van der Waals surface area contributed by atoms with Crippen molar-refractivity contribution in [3.8, 4) is 0 Å². The Kier molecular flexibility index (Phi) is 3.80. The van der Waals surface area contributed by atoms with E-state index in [1.165, 1.54) is 6.07 Å². The Bertz CT molecular complexity index is 552. The van der Waals surface area contributed by atoms with Gasteiger partial charge in [0.1, 0.15) is 6.10 Å².